The largest absolute Gasteiger partial charge is 0.497 e. The zero-order chi connectivity index (χ0) is 20.1. The fourth-order valence-corrected chi connectivity index (χ4v) is 4.62. The molecule has 150 valence electrons. The van der Waals surface area contributed by atoms with Crippen molar-refractivity contribution >= 4 is 28.6 Å². The van der Waals surface area contributed by atoms with Crippen LogP contribution in [0.3, 0.4) is 0 Å². The number of carbonyl (C=O) groups excluding carboxylic acids is 1. The highest BCUT2D eigenvalue weighted by Gasteiger charge is 2.16. The Labute approximate surface area is 176 Å². The molecule has 0 saturated heterocycles. The molecule has 0 unspecified atom stereocenters. The lowest BCUT2D eigenvalue weighted by molar-refractivity contribution is -0.119. The molecule has 1 saturated carbocycles. The number of pyridine rings is 1. The van der Waals surface area contributed by atoms with Crippen LogP contribution in [-0.4, -0.2) is 29.8 Å². The minimum absolute atomic E-state index is 0.0932. The monoisotopic (exact) mass is 406 g/mol. The Morgan fingerprint density at radius 2 is 1.90 bits per heavy atom. The van der Waals surface area contributed by atoms with E-state index in [1.165, 1.54) is 31.0 Å². The molecule has 1 N–H and O–H groups in total. The summed E-state index contributed by atoms with van der Waals surface area (Å²) >= 11 is 1.49. The van der Waals surface area contributed by atoms with Crippen LogP contribution in [0.5, 0.6) is 5.75 Å². The highest BCUT2D eigenvalue weighted by atomic mass is 32.2. The second-order valence-corrected chi connectivity index (χ2v) is 8.44. The molecule has 1 aliphatic rings. The van der Waals surface area contributed by atoms with Gasteiger partial charge in [-0.05, 0) is 42.2 Å². The Morgan fingerprint density at radius 3 is 2.66 bits per heavy atom. The molecule has 0 bridgehead atoms. The molecule has 1 aromatic heterocycles. The molecule has 4 rings (SSSR count). The first-order chi connectivity index (χ1) is 14.2. The van der Waals surface area contributed by atoms with E-state index in [2.05, 4.69) is 23.5 Å². The molecule has 0 aliphatic heterocycles. The van der Waals surface area contributed by atoms with E-state index in [4.69, 9.17) is 9.72 Å². The number of aromatic nitrogens is 1. The van der Waals surface area contributed by atoms with Crippen LogP contribution in [-0.2, 0) is 4.79 Å². The van der Waals surface area contributed by atoms with Crippen molar-refractivity contribution in [3.05, 3.63) is 54.6 Å². The van der Waals surface area contributed by atoms with Crippen molar-refractivity contribution in [2.75, 3.05) is 12.9 Å². The van der Waals surface area contributed by atoms with Gasteiger partial charge in [-0.25, -0.2) is 4.98 Å². The van der Waals surface area contributed by atoms with Gasteiger partial charge in [0.25, 0.3) is 0 Å². The number of methoxy groups -OCH3 is 1. The lowest BCUT2D eigenvalue weighted by atomic mass is 9.95. The first-order valence-corrected chi connectivity index (χ1v) is 11.2. The number of benzene rings is 2. The lowest BCUT2D eigenvalue weighted by Crippen LogP contribution is -2.37. The predicted molar refractivity (Wildman–Crippen MR) is 119 cm³/mol. The summed E-state index contributed by atoms with van der Waals surface area (Å²) in [6, 6.07) is 18.7. The molecule has 29 heavy (non-hydrogen) atoms. The average molecular weight is 407 g/mol. The summed E-state index contributed by atoms with van der Waals surface area (Å²) < 4.78 is 5.38. The third-order valence-corrected chi connectivity index (χ3v) is 6.31. The number of fused-ring (bicyclic) bond motifs is 1. The average Bonchev–Trinajstić information content (AvgIpc) is 2.78. The molecule has 1 aliphatic carbocycles. The third-order valence-electron chi connectivity index (χ3n) is 5.40. The maximum atomic E-state index is 12.4. The number of rotatable bonds is 6. The summed E-state index contributed by atoms with van der Waals surface area (Å²) in [6.07, 6.45) is 5.91. The fraction of sp³-hybridized carbons (Fsp3) is 0.333. The molecule has 0 atom stereocenters. The van der Waals surface area contributed by atoms with E-state index in [9.17, 15) is 4.79 Å². The smallest absolute Gasteiger partial charge is 0.230 e. The first-order valence-electron chi connectivity index (χ1n) is 10.2. The lowest BCUT2D eigenvalue weighted by Gasteiger charge is -2.22. The number of ether oxygens (including phenoxy) is 1. The number of nitrogens with zero attached hydrogens (tertiary/aromatic N) is 1. The van der Waals surface area contributed by atoms with E-state index in [1.54, 1.807) is 7.11 Å². The van der Waals surface area contributed by atoms with Crippen molar-refractivity contribution in [1.82, 2.24) is 10.3 Å². The van der Waals surface area contributed by atoms with Gasteiger partial charge in [0.15, 0.2) is 0 Å². The van der Waals surface area contributed by atoms with E-state index in [0.29, 0.717) is 11.8 Å². The van der Waals surface area contributed by atoms with Crippen LogP contribution < -0.4 is 10.1 Å². The van der Waals surface area contributed by atoms with Gasteiger partial charge in [0, 0.05) is 17.5 Å². The number of amides is 1. The van der Waals surface area contributed by atoms with E-state index in [0.717, 1.165) is 45.6 Å². The van der Waals surface area contributed by atoms with Crippen LogP contribution in [0, 0.1) is 0 Å². The molecule has 3 aromatic rings. The topological polar surface area (TPSA) is 51.2 Å². The Morgan fingerprint density at radius 1 is 1.10 bits per heavy atom. The maximum absolute atomic E-state index is 12.4. The van der Waals surface area contributed by atoms with E-state index < -0.39 is 0 Å². The number of hydrogen-bond donors (Lipinski definition) is 1. The molecule has 4 nitrogen and oxygen atoms in total. The van der Waals surface area contributed by atoms with Crippen molar-refractivity contribution in [3.63, 3.8) is 0 Å². The molecular formula is C24H26N2O2S. The number of hydrogen-bond acceptors (Lipinski definition) is 4. The maximum Gasteiger partial charge on any atom is 0.230 e. The zero-order valence-corrected chi connectivity index (χ0v) is 17.5. The normalized spacial score (nSPS) is 14.7. The van der Waals surface area contributed by atoms with Crippen LogP contribution in [0.4, 0.5) is 0 Å². The summed E-state index contributed by atoms with van der Waals surface area (Å²) in [5.74, 6) is 1.25. The summed E-state index contributed by atoms with van der Waals surface area (Å²) in [5, 5.41) is 5.11. The zero-order valence-electron chi connectivity index (χ0n) is 16.7. The van der Waals surface area contributed by atoms with Gasteiger partial charge in [-0.1, -0.05) is 61.4 Å². The van der Waals surface area contributed by atoms with Gasteiger partial charge in [0.2, 0.25) is 5.91 Å². The molecule has 1 fully saturated rings. The van der Waals surface area contributed by atoms with E-state index in [-0.39, 0.29) is 5.91 Å². The molecule has 1 amide bonds. The number of nitrogens with one attached hydrogen (secondary N) is 1. The van der Waals surface area contributed by atoms with Gasteiger partial charge >= 0.3 is 0 Å². The van der Waals surface area contributed by atoms with Crippen LogP contribution in [0.25, 0.3) is 22.0 Å². The SMILES string of the molecule is COc1ccc2c(-c3ccccc3)cc(SCC(=O)NC3CCCCC3)nc2c1. The Hall–Kier alpha value is -2.53. The minimum atomic E-state index is 0.0932. The Balaban J connectivity index is 1.57. The minimum Gasteiger partial charge on any atom is -0.497 e. The van der Waals surface area contributed by atoms with E-state index in [1.807, 2.05) is 36.4 Å². The van der Waals surface area contributed by atoms with Crippen molar-refractivity contribution < 1.29 is 9.53 Å². The molecule has 5 heteroatoms. The van der Waals surface area contributed by atoms with E-state index >= 15 is 0 Å². The van der Waals surface area contributed by atoms with Crippen LogP contribution in [0.15, 0.2) is 59.6 Å². The van der Waals surface area contributed by atoms with Gasteiger partial charge in [-0.3, -0.25) is 4.79 Å². The summed E-state index contributed by atoms with van der Waals surface area (Å²) in [6.45, 7) is 0. The van der Waals surface area contributed by atoms with Crippen LogP contribution >= 0.6 is 11.8 Å². The number of thioether (sulfide) groups is 1. The molecule has 1 heterocycles. The van der Waals surface area contributed by atoms with Gasteiger partial charge in [-0.2, -0.15) is 0 Å². The Bertz CT molecular complexity index is 985. The van der Waals surface area contributed by atoms with Gasteiger partial charge in [0.05, 0.1) is 23.4 Å². The third kappa shape index (κ3) is 4.91. The first kappa shape index (κ1) is 19.8. The summed E-state index contributed by atoms with van der Waals surface area (Å²) in [5.41, 5.74) is 3.13. The van der Waals surface area contributed by atoms with Crippen molar-refractivity contribution in [2.24, 2.45) is 0 Å². The van der Waals surface area contributed by atoms with Crippen LogP contribution in [0.1, 0.15) is 32.1 Å². The second kappa shape index (κ2) is 9.31. The van der Waals surface area contributed by atoms with Crippen LogP contribution in [0.2, 0.25) is 0 Å². The summed E-state index contributed by atoms with van der Waals surface area (Å²) in [7, 11) is 1.66. The quantitative estimate of drug-likeness (QED) is 0.553. The molecular weight excluding hydrogens is 380 g/mol. The van der Waals surface area contributed by atoms with Gasteiger partial charge in [0.1, 0.15) is 5.75 Å². The predicted octanol–water partition coefficient (Wildman–Crippen LogP) is 5.45. The van der Waals surface area contributed by atoms with Crippen molar-refractivity contribution in [3.8, 4) is 16.9 Å². The number of carbonyl (C=O) groups is 1. The highest BCUT2D eigenvalue weighted by Crippen LogP contribution is 2.33. The van der Waals surface area contributed by atoms with Crippen molar-refractivity contribution in [2.45, 2.75) is 43.2 Å². The van der Waals surface area contributed by atoms with Gasteiger partial charge < -0.3 is 10.1 Å². The Kier molecular flexibility index (Phi) is 6.35. The highest BCUT2D eigenvalue weighted by molar-refractivity contribution is 7.99. The fourth-order valence-electron chi connectivity index (χ4n) is 3.90. The standard InChI is InChI=1S/C24H26N2O2S/c1-28-19-12-13-20-21(17-8-4-2-5-9-17)15-24(26-22(20)14-19)29-16-23(27)25-18-10-6-3-7-11-18/h2,4-5,8-9,12-15,18H,3,6-7,10-11,16H2,1H3,(H,25,27). The second-order valence-electron chi connectivity index (χ2n) is 7.45. The summed E-state index contributed by atoms with van der Waals surface area (Å²) in [4.78, 5) is 17.2. The molecule has 2 aromatic carbocycles. The van der Waals surface area contributed by atoms with Crippen molar-refractivity contribution in [1.29, 1.82) is 0 Å². The van der Waals surface area contributed by atoms with Gasteiger partial charge in [-0.15, -0.1) is 0 Å². The molecule has 0 radical (unpaired) electrons. The molecule has 0 spiro atoms.